The molecule has 0 fully saturated rings. The lowest BCUT2D eigenvalue weighted by Gasteiger charge is -2.12. The number of carbonyl (C=O) groups is 2. The number of nitrogens with one attached hydrogen (secondary N) is 2. The van der Waals surface area contributed by atoms with Crippen molar-refractivity contribution in [3.05, 3.63) is 132 Å². The zero-order chi connectivity index (χ0) is 32.8. The van der Waals surface area contributed by atoms with Gasteiger partial charge < -0.3 is 10.6 Å². The molecule has 2 N–H and O–H groups in total. The minimum atomic E-state index is -0.320. The Morgan fingerprint density at radius 3 is 1.23 bits per heavy atom. The van der Waals surface area contributed by atoms with Gasteiger partial charge in [0.15, 0.2) is 0 Å². The second-order valence-electron chi connectivity index (χ2n) is 11.5. The Balaban J connectivity index is 1.06. The van der Waals surface area contributed by atoms with Crippen molar-refractivity contribution < 1.29 is 9.59 Å². The predicted molar refractivity (Wildman–Crippen MR) is 187 cm³/mol. The summed E-state index contributed by atoms with van der Waals surface area (Å²) in [5, 5.41) is 9.63. The van der Waals surface area contributed by atoms with Gasteiger partial charge in [0.05, 0.1) is 44.8 Å². The first-order chi connectivity index (χ1) is 23.4. The van der Waals surface area contributed by atoms with E-state index in [-0.39, 0.29) is 11.8 Å². The van der Waals surface area contributed by atoms with Gasteiger partial charge in [-0.05, 0) is 85.6 Å². The van der Waals surface area contributed by atoms with Crippen molar-refractivity contribution in [1.29, 1.82) is 0 Å². The van der Waals surface area contributed by atoms with E-state index in [4.69, 9.17) is 0 Å². The molecule has 0 aliphatic heterocycles. The van der Waals surface area contributed by atoms with E-state index in [1.165, 1.54) is 0 Å². The molecule has 0 saturated carbocycles. The highest BCUT2D eigenvalue weighted by molar-refractivity contribution is 6.14. The van der Waals surface area contributed by atoms with Gasteiger partial charge in [-0.3, -0.25) is 39.5 Å². The van der Waals surface area contributed by atoms with Gasteiger partial charge in [-0.2, -0.15) is 0 Å². The van der Waals surface area contributed by atoms with Crippen LogP contribution in [0.4, 0.5) is 11.4 Å². The lowest BCUT2D eigenvalue weighted by atomic mass is 10.1. The Morgan fingerprint density at radius 1 is 0.438 bits per heavy atom. The molecule has 0 unspecified atom stereocenters. The molecule has 10 nitrogen and oxygen atoms in total. The maximum absolute atomic E-state index is 13.5. The number of fused-ring (bicyclic) bond motifs is 6. The van der Waals surface area contributed by atoms with E-state index in [0.717, 1.165) is 43.7 Å². The van der Waals surface area contributed by atoms with Crippen molar-refractivity contribution in [3.8, 4) is 11.4 Å². The summed E-state index contributed by atoms with van der Waals surface area (Å²) < 4.78 is 0. The number of pyridine rings is 6. The van der Waals surface area contributed by atoms with E-state index in [1.807, 2.05) is 50.2 Å². The molecule has 0 aliphatic rings. The van der Waals surface area contributed by atoms with Crippen molar-refractivity contribution in [2.45, 2.75) is 13.8 Å². The number of amides is 2. The van der Waals surface area contributed by atoms with Crippen LogP contribution in [-0.2, 0) is 0 Å². The third kappa shape index (κ3) is 5.01. The molecule has 0 spiro atoms. The molecular weight excluding hydrogens is 600 g/mol. The second kappa shape index (κ2) is 11.6. The Labute approximate surface area is 274 Å². The molecule has 0 saturated heterocycles. The maximum atomic E-state index is 13.5. The van der Waals surface area contributed by atoms with Gasteiger partial charge in [0.2, 0.25) is 0 Å². The van der Waals surface area contributed by atoms with Crippen LogP contribution in [0.2, 0.25) is 0 Å². The quantitative estimate of drug-likeness (QED) is 0.188. The van der Waals surface area contributed by atoms with Gasteiger partial charge in [0.25, 0.3) is 11.8 Å². The first kappa shape index (κ1) is 28.8. The van der Waals surface area contributed by atoms with Crippen LogP contribution in [0.1, 0.15) is 31.8 Å². The number of nitrogens with zero attached hydrogens (tertiary/aromatic N) is 6. The summed E-state index contributed by atoms with van der Waals surface area (Å²) in [5.41, 5.74) is 8.09. The number of aryl methyl sites for hydroxylation is 2. The summed E-state index contributed by atoms with van der Waals surface area (Å²) >= 11 is 0. The van der Waals surface area contributed by atoms with E-state index in [9.17, 15) is 9.59 Å². The van der Waals surface area contributed by atoms with Gasteiger partial charge >= 0.3 is 0 Å². The molecule has 10 heteroatoms. The van der Waals surface area contributed by atoms with Gasteiger partial charge in [-0.25, -0.2) is 0 Å². The molecule has 6 aromatic heterocycles. The van der Waals surface area contributed by atoms with Gasteiger partial charge in [0.1, 0.15) is 0 Å². The Bertz CT molecular complexity index is 2420. The normalized spacial score (nSPS) is 11.3. The minimum absolute atomic E-state index is 0.320. The zero-order valence-electron chi connectivity index (χ0n) is 25.9. The van der Waals surface area contributed by atoms with Crippen LogP contribution >= 0.6 is 0 Å². The van der Waals surface area contributed by atoms with E-state index in [0.29, 0.717) is 44.9 Å². The van der Waals surface area contributed by atoms with Crippen molar-refractivity contribution in [1.82, 2.24) is 29.9 Å². The van der Waals surface area contributed by atoms with E-state index < -0.39 is 0 Å². The number of benzene rings is 2. The number of rotatable bonds is 5. The van der Waals surface area contributed by atoms with Crippen LogP contribution in [0, 0.1) is 13.8 Å². The zero-order valence-corrected chi connectivity index (χ0v) is 25.9. The summed E-state index contributed by atoms with van der Waals surface area (Å²) in [6.07, 6.45) is 9.94. The van der Waals surface area contributed by atoms with Crippen molar-refractivity contribution in [2.75, 3.05) is 10.6 Å². The van der Waals surface area contributed by atoms with Gasteiger partial charge in [0, 0.05) is 69.9 Å². The number of anilines is 2. The SMILES string of the molecule is Cc1ccnc2c1ccc1c(NC(=O)c3ccnc(-c4cc(C(=O)Nc5ccnc6c5ccc5c(C)ccnc56)ccn4)c3)ccnc12. The van der Waals surface area contributed by atoms with Crippen LogP contribution in [-0.4, -0.2) is 41.7 Å². The second-order valence-corrected chi connectivity index (χ2v) is 11.5. The highest BCUT2D eigenvalue weighted by Crippen LogP contribution is 2.31. The fourth-order valence-electron chi connectivity index (χ4n) is 5.96. The average Bonchev–Trinajstić information content (AvgIpc) is 3.12. The standard InChI is InChI=1S/C38H26N8O2/c1-21-7-13-41-33-25(21)3-5-27-29(11-17-43-35(27)33)45-37(47)23-9-15-39-31(19-23)32-20-24(10-16-40-32)38(48)46-30-12-18-44-36-28(30)6-4-26-22(2)8-14-42-34(26)36/h3-20H,1-2H3,(H,43,45,47)(H,44,46,48). The van der Waals surface area contributed by atoms with Crippen LogP contribution in [0.3, 0.4) is 0 Å². The number of hydrogen-bond donors (Lipinski definition) is 2. The molecule has 48 heavy (non-hydrogen) atoms. The Morgan fingerprint density at radius 2 is 0.792 bits per heavy atom. The number of carbonyl (C=O) groups excluding carboxylic acids is 2. The van der Waals surface area contributed by atoms with Crippen molar-refractivity contribution >= 4 is 66.8 Å². The third-order valence-corrected chi connectivity index (χ3v) is 8.48. The summed E-state index contributed by atoms with van der Waals surface area (Å²) in [7, 11) is 0. The smallest absolute Gasteiger partial charge is 0.255 e. The van der Waals surface area contributed by atoms with Crippen molar-refractivity contribution in [3.63, 3.8) is 0 Å². The highest BCUT2D eigenvalue weighted by atomic mass is 16.2. The van der Waals surface area contributed by atoms with Crippen LogP contribution in [0.5, 0.6) is 0 Å². The van der Waals surface area contributed by atoms with E-state index >= 15 is 0 Å². The first-order valence-electron chi connectivity index (χ1n) is 15.3. The van der Waals surface area contributed by atoms with Gasteiger partial charge in [-0.15, -0.1) is 0 Å². The Kier molecular flexibility index (Phi) is 6.95. The lowest BCUT2D eigenvalue weighted by Crippen LogP contribution is -2.13. The average molecular weight is 627 g/mol. The van der Waals surface area contributed by atoms with E-state index in [2.05, 4.69) is 40.5 Å². The summed E-state index contributed by atoms with van der Waals surface area (Å²) in [6.45, 7) is 4.06. The minimum Gasteiger partial charge on any atom is -0.321 e. The van der Waals surface area contributed by atoms with Crippen LogP contribution in [0.25, 0.3) is 55.0 Å². The molecule has 230 valence electrons. The topological polar surface area (TPSA) is 136 Å². The molecule has 2 aromatic carbocycles. The summed E-state index contributed by atoms with van der Waals surface area (Å²) in [6, 6.07) is 21.9. The molecule has 0 atom stereocenters. The van der Waals surface area contributed by atoms with E-state index in [1.54, 1.807) is 73.6 Å². The summed E-state index contributed by atoms with van der Waals surface area (Å²) in [4.78, 5) is 54.0. The molecule has 8 rings (SSSR count). The molecule has 6 heterocycles. The first-order valence-corrected chi connectivity index (χ1v) is 15.3. The monoisotopic (exact) mass is 626 g/mol. The van der Waals surface area contributed by atoms with Crippen molar-refractivity contribution in [2.24, 2.45) is 0 Å². The molecule has 0 bridgehead atoms. The fourth-order valence-corrected chi connectivity index (χ4v) is 5.96. The van der Waals surface area contributed by atoms with Crippen LogP contribution in [0.15, 0.2) is 110 Å². The maximum Gasteiger partial charge on any atom is 0.255 e. The lowest BCUT2D eigenvalue weighted by molar-refractivity contribution is 0.101. The highest BCUT2D eigenvalue weighted by Gasteiger charge is 2.16. The largest absolute Gasteiger partial charge is 0.321 e. The molecule has 0 aliphatic carbocycles. The number of aromatic nitrogens is 6. The summed E-state index contributed by atoms with van der Waals surface area (Å²) in [5.74, 6) is -0.641. The third-order valence-electron chi connectivity index (χ3n) is 8.48. The fraction of sp³-hybridized carbons (Fsp3) is 0.0526. The molecule has 2 amide bonds. The molecule has 8 aromatic rings. The molecule has 0 radical (unpaired) electrons. The molecular formula is C38H26N8O2. The van der Waals surface area contributed by atoms with Crippen LogP contribution < -0.4 is 10.6 Å². The Hall–Kier alpha value is -6.68. The number of hydrogen-bond acceptors (Lipinski definition) is 8. The predicted octanol–water partition coefficient (Wildman–Crippen LogP) is 7.46. The van der Waals surface area contributed by atoms with Gasteiger partial charge in [-0.1, -0.05) is 12.1 Å².